The molecule has 0 saturated heterocycles. The van der Waals surface area contributed by atoms with Crippen LogP contribution in [0, 0.1) is 5.82 Å². The van der Waals surface area contributed by atoms with Gasteiger partial charge in [0.15, 0.2) is 0 Å². The van der Waals surface area contributed by atoms with E-state index in [-0.39, 0.29) is 17.6 Å². The fraction of sp³-hybridized carbons (Fsp3) is 0.190. The van der Waals surface area contributed by atoms with Crippen LogP contribution in [0.4, 0.5) is 4.39 Å². The number of carbonyl (C=O) groups is 1. The maximum Gasteiger partial charge on any atom is 0.241 e. The van der Waals surface area contributed by atoms with Crippen molar-refractivity contribution in [1.29, 1.82) is 0 Å². The Kier molecular flexibility index (Phi) is 3.77. The molecule has 0 bridgehead atoms. The Balaban J connectivity index is 1.46. The van der Waals surface area contributed by atoms with Crippen molar-refractivity contribution in [3.8, 4) is 0 Å². The number of nitrogens with two attached hydrogens (primary N) is 1. The van der Waals surface area contributed by atoms with Crippen LogP contribution in [0.25, 0.3) is 10.8 Å². The number of hydrogen-bond donors (Lipinski definition) is 2. The first-order chi connectivity index (χ1) is 12.1. The van der Waals surface area contributed by atoms with Crippen LogP contribution in [-0.2, 0) is 11.3 Å². The second-order valence-corrected chi connectivity index (χ2v) is 6.67. The van der Waals surface area contributed by atoms with Crippen LogP contribution < -0.4 is 11.1 Å². The molecule has 3 N–H and O–H groups in total. The summed E-state index contributed by atoms with van der Waals surface area (Å²) in [7, 11) is 0. The van der Waals surface area contributed by atoms with E-state index in [2.05, 4.69) is 17.4 Å². The Hall–Kier alpha value is -2.72. The smallest absolute Gasteiger partial charge is 0.241 e. The standard InChI is InChI=1S/C21H19FN2O/c22-17-10-8-15(9-11-17)19-12-21(19,23)20(25)24-13-16-6-3-5-14-4-1-2-7-18(14)16/h1-11,19H,12-13,23H2,(H,24,25). The van der Waals surface area contributed by atoms with Gasteiger partial charge >= 0.3 is 0 Å². The minimum absolute atomic E-state index is 0.0550. The summed E-state index contributed by atoms with van der Waals surface area (Å²) in [6, 6.07) is 20.3. The third kappa shape index (κ3) is 2.89. The summed E-state index contributed by atoms with van der Waals surface area (Å²) in [5.74, 6) is -0.497. The molecule has 0 spiro atoms. The van der Waals surface area contributed by atoms with Gasteiger partial charge in [-0.25, -0.2) is 4.39 Å². The molecular weight excluding hydrogens is 315 g/mol. The number of amides is 1. The summed E-state index contributed by atoms with van der Waals surface area (Å²) in [5, 5.41) is 5.24. The number of carbonyl (C=O) groups excluding carboxylic acids is 1. The molecule has 3 nitrogen and oxygen atoms in total. The molecule has 3 aromatic rings. The van der Waals surface area contributed by atoms with Crippen molar-refractivity contribution in [2.75, 3.05) is 0 Å². The fourth-order valence-electron chi connectivity index (χ4n) is 3.43. The van der Waals surface area contributed by atoms with E-state index in [0.717, 1.165) is 21.9 Å². The molecule has 25 heavy (non-hydrogen) atoms. The number of halogens is 1. The van der Waals surface area contributed by atoms with Gasteiger partial charge in [0.1, 0.15) is 11.4 Å². The van der Waals surface area contributed by atoms with Crippen molar-refractivity contribution >= 4 is 16.7 Å². The quantitative estimate of drug-likeness (QED) is 0.767. The van der Waals surface area contributed by atoms with Crippen LogP contribution in [0.5, 0.6) is 0 Å². The van der Waals surface area contributed by atoms with Gasteiger partial charge in [0.25, 0.3) is 0 Å². The first kappa shape index (κ1) is 15.8. The Morgan fingerprint density at radius 3 is 2.60 bits per heavy atom. The zero-order valence-electron chi connectivity index (χ0n) is 13.7. The summed E-state index contributed by atoms with van der Waals surface area (Å²) in [6.07, 6.45) is 0.583. The second kappa shape index (κ2) is 5.97. The Morgan fingerprint density at radius 1 is 1.08 bits per heavy atom. The third-order valence-corrected chi connectivity index (χ3v) is 5.02. The van der Waals surface area contributed by atoms with Gasteiger partial charge in [0.05, 0.1) is 0 Å². The Bertz CT molecular complexity index is 933. The topological polar surface area (TPSA) is 55.1 Å². The zero-order valence-corrected chi connectivity index (χ0v) is 13.7. The van der Waals surface area contributed by atoms with Gasteiger partial charge in [-0.3, -0.25) is 4.79 Å². The van der Waals surface area contributed by atoms with Crippen molar-refractivity contribution in [3.63, 3.8) is 0 Å². The van der Waals surface area contributed by atoms with Crippen LogP contribution in [0.2, 0.25) is 0 Å². The van der Waals surface area contributed by atoms with E-state index in [1.54, 1.807) is 12.1 Å². The van der Waals surface area contributed by atoms with Crippen LogP contribution in [0.3, 0.4) is 0 Å². The van der Waals surface area contributed by atoms with Gasteiger partial charge in [0.2, 0.25) is 5.91 Å². The Labute approximate surface area is 145 Å². The lowest BCUT2D eigenvalue weighted by molar-refractivity contribution is -0.123. The van der Waals surface area contributed by atoms with E-state index in [0.29, 0.717) is 13.0 Å². The molecule has 0 heterocycles. The molecule has 1 amide bonds. The fourth-order valence-corrected chi connectivity index (χ4v) is 3.43. The van der Waals surface area contributed by atoms with Crippen LogP contribution in [-0.4, -0.2) is 11.4 Å². The molecule has 1 fully saturated rings. The normalized spacial score (nSPS) is 21.9. The van der Waals surface area contributed by atoms with Crippen molar-refractivity contribution in [2.24, 2.45) is 5.73 Å². The van der Waals surface area contributed by atoms with Gasteiger partial charge in [-0.1, -0.05) is 54.6 Å². The van der Waals surface area contributed by atoms with Crippen molar-refractivity contribution in [1.82, 2.24) is 5.32 Å². The van der Waals surface area contributed by atoms with Gasteiger partial charge in [-0.15, -0.1) is 0 Å². The molecule has 126 valence electrons. The maximum absolute atomic E-state index is 13.0. The van der Waals surface area contributed by atoms with E-state index in [1.807, 2.05) is 30.3 Å². The highest BCUT2D eigenvalue weighted by molar-refractivity contribution is 5.92. The number of hydrogen-bond acceptors (Lipinski definition) is 2. The molecule has 1 saturated carbocycles. The van der Waals surface area contributed by atoms with Crippen molar-refractivity contribution < 1.29 is 9.18 Å². The molecule has 4 heteroatoms. The van der Waals surface area contributed by atoms with Gasteiger partial charge in [0, 0.05) is 12.5 Å². The molecule has 0 radical (unpaired) electrons. The average molecular weight is 334 g/mol. The van der Waals surface area contributed by atoms with Crippen molar-refractivity contribution in [3.05, 3.63) is 83.7 Å². The summed E-state index contributed by atoms with van der Waals surface area (Å²) in [5.41, 5.74) is 7.35. The number of benzene rings is 3. The van der Waals surface area contributed by atoms with E-state index in [4.69, 9.17) is 5.73 Å². The minimum atomic E-state index is -0.900. The van der Waals surface area contributed by atoms with Gasteiger partial charge in [-0.05, 0) is 40.5 Å². The molecule has 1 aliphatic carbocycles. The third-order valence-electron chi connectivity index (χ3n) is 5.02. The van der Waals surface area contributed by atoms with E-state index >= 15 is 0 Å². The lowest BCUT2D eigenvalue weighted by Crippen LogP contribution is -2.43. The van der Waals surface area contributed by atoms with Gasteiger partial charge in [-0.2, -0.15) is 0 Å². The molecule has 0 aromatic heterocycles. The predicted molar refractivity (Wildman–Crippen MR) is 96.5 cm³/mol. The maximum atomic E-state index is 13.0. The van der Waals surface area contributed by atoms with Crippen LogP contribution >= 0.6 is 0 Å². The van der Waals surface area contributed by atoms with Gasteiger partial charge < -0.3 is 11.1 Å². The average Bonchev–Trinajstić information content (AvgIpc) is 3.33. The lowest BCUT2D eigenvalue weighted by Gasteiger charge is -2.14. The molecular formula is C21H19FN2O. The predicted octanol–water partition coefficient (Wildman–Crippen LogP) is 3.48. The first-order valence-electron chi connectivity index (χ1n) is 8.37. The zero-order chi connectivity index (χ0) is 17.4. The largest absolute Gasteiger partial charge is 0.350 e. The number of rotatable bonds is 4. The second-order valence-electron chi connectivity index (χ2n) is 6.67. The summed E-state index contributed by atoms with van der Waals surface area (Å²) in [6.45, 7) is 0.440. The van der Waals surface area contributed by atoms with E-state index < -0.39 is 5.54 Å². The molecule has 4 rings (SSSR count). The van der Waals surface area contributed by atoms with E-state index in [1.165, 1.54) is 12.1 Å². The first-order valence-corrected chi connectivity index (χ1v) is 8.37. The summed E-state index contributed by atoms with van der Waals surface area (Å²) >= 11 is 0. The molecule has 3 aromatic carbocycles. The van der Waals surface area contributed by atoms with E-state index in [9.17, 15) is 9.18 Å². The Morgan fingerprint density at radius 2 is 1.80 bits per heavy atom. The highest BCUT2D eigenvalue weighted by atomic mass is 19.1. The summed E-state index contributed by atoms with van der Waals surface area (Å²) < 4.78 is 13.0. The summed E-state index contributed by atoms with van der Waals surface area (Å²) in [4.78, 5) is 12.6. The number of fused-ring (bicyclic) bond motifs is 1. The SMILES string of the molecule is NC1(C(=O)NCc2cccc3ccccc23)CC1c1ccc(F)cc1. The number of nitrogens with one attached hydrogen (secondary N) is 1. The van der Waals surface area contributed by atoms with Crippen molar-refractivity contribution in [2.45, 2.75) is 24.4 Å². The highest BCUT2D eigenvalue weighted by Crippen LogP contribution is 2.49. The highest BCUT2D eigenvalue weighted by Gasteiger charge is 2.57. The molecule has 2 atom stereocenters. The lowest BCUT2D eigenvalue weighted by atomic mass is 10.0. The molecule has 2 unspecified atom stereocenters. The minimum Gasteiger partial charge on any atom is -0.350 e. The molecule has 1 aliphatic rings. The monoisotopic (exact) mass is 334 g/mol. The van der Waals surface area contributed by atoms with Crippen LogP contribution in [0.15, 0.2) is 66.7 Å². The molecule has 0 aliphatic heterocycles. The van der Waals surface area contributed by atoms with Crippen LogP contribution in [0.1, 0.15) is 23.5 Å².